The van der Waals surface area contributed by atoms with Gasteiger partial charge in [0.25, 0.3) is 0 Å². The van der Waals surface area contributed by atoms with Gasteiger partial charge < -0.3 is 18.9 Å². The molecule has 0 spiro atoms. The van der Waals surface area contributed by atoms with Gasteiger partial charge in [-0.05, 0) is 63.6 Å². The molecular formula is C24H32NO4+. The molecule has 156 valence electrons. The lowest BCUT2D eigenvalue weighted by atomic mass is 10.0. The normalized spacial score (nSPS) is 12.8. The minimum absolute atomic E-state index is 0.620. The van der Waals surface area contributed by atoms with Crippen molar-refractivity contribution < 1.29 is 23.5 Å². The van der Waals surface area contributed by atoms with E-state index in [1.165, 1.54) is 16.7 Å². The number of fused-ring (bicyclic) bond motifs is 1. The van der Waals surface area contributed by atoms with Gasteiger partial charge in [-0.25, -0.2) is 4.58 Å². The number of benzene rings is 2. The van der Waals surface area contributed by atoms with Gasteiger partial charge in [-0.2, -0.15) is 0 Å². The summed E-state index contributed by atoms with van der Waals surface area (Å²) >= 11 is 0. The van der Waals surface area contributed by atoms with Crippen LogP contribution in [0.25, 0.3) is 0 Å². The lowest BCUT2D eigenvalue weighted by Crippen LogP contribution is -2.22. The van der Waals surface area contributed by atoms with Crippen molar-refractivity contribution in [1.82, 2.24) is 0 Å². The molecule has 5 nitrogen and oxygen atoms in total. The van der Waals surface area contributed by atoms with Crippen molar-refractivity contribution in [2.24, 2.45) is 0 Å². The van der Waals surface area contributed by atoms with Crippen LogP contribution in [-0.4, -0.2) is 43.8 Å². The zero-order valence-electron chi connectivity index (χ0n) is 18.0. The summed E-state index contributed by atoms with van der Waals surface area (Å²) < 4.78 is 25.3. The number of hydrogen-bond acceptors (Lipinski definition) is 4. The lowest BCUT2D eigenvalue weighted by molar-refractivity contribution is -0.540. The smallest absolute Gasteiger partial charge is 0.171 e. The maximum atomic E-state index is 5.79. The van der Waals surface area contributed by atoms with E-state index in [1.807, 2.05) is 33.8 Å². The van der Waals surface area contributed by atoms with Crippen LogP contribution in [0.2, 0.25) is 0 Å². The van der Waals surface area contributed by atoms with Gasteiger partial charge >= 0.3 is 0 Å². The molecule has 2 aromatic carbocycles. The lowest BCUT2D eigenvalue weighted by Gasteiger charge is -2.17. The first-order valence-corrected chi connectivity index (χ1v) is 10.6. The van der Waals surface area contributed by atoms with Gasteiger partial charge in [0.2, 0.25) is 0 Å². The van der Waals surface area contributed by atoms with Crippen molar-refractivity contribution in [1.29, 1.82) is 0 Å². The predicted molar refractivity (Wildman–Crippen MR) is 115 cm³/mol. The molecule has 29 heavy (non-hydrogen) atoms. The van der Waals surface area contributed by atoms with Crippen molar-refractivity contribution in [2.45, 2.75) is 40.7 Å². The number of hydrogen-bond donors (Lipinski definition) is 0. The Bertz CT molecular complexity index is 860. The summed E-state index contributed by atoms with van der Waals surface area (Å²) in [6, 6.07) is 10.4. The fraction of sp³-hybridized carbons (Fsp3) is 0.458. The molecule has 0 saturated carbocycles. The monoisotopic (exact) mass is 398 g/mol. The third-order valence-electron chi connectivity index (χ3n) is 4.79. The molecule has 0 radical (unpaired) electrons. The van der Waals surface area contributed by atoms with Crippen LogP contribution in [-0.2, 0) is 13.0 Å². The molecule has 0 saturated heterocycles. The first-order chi connectivity index (χ1) is 14.2. The zero-order valence-corrected chi connectivity index (χ0v) is 18.0. The van der Waals surface area contributed by atoms with Crippen molar-refractivity contribution >= 4 is 6.21 Å². The van der Waals surface area contributed by atoms with Gasteiger partial charge in [0.15, 0.2) is 35.8 Å². The van der Waals surface area contributed by atoms with E-state index >= 15 is 0 Å². The van der Waals surface area contributed by atoms with Crippen molar-refractivity contribution in [3.8, 4) is 23.0 Å². The average molecular weight is 399 g/mol. The highest BCUT2D eigenvalue weighted by molar-refractivity contribution is 5.80. The molecule has 5 heteroatoms. The van der Waals surface area contributed by atoms with Crippen LogP contribution in [0.15, 0.2) is 30.3 Å². The molecule has 1 aliphatic rings. The van der Waals surface area contributed by atoms with Gasteiger partial charge in [0.1, 0.15) is 6.54 Å². The Kier molecular flexibility index (Phi) is 7.39. The summed E-state index contributed by atoms with van der Waals surface area (Å²) in [7, 11) is 0. The van der Waals surface area contributed by atoms with Crippen molar-refractivity contribution in [3.63, 3.8) is 0 Å². The fourth-order valence-corrected chi connectivity index (χ4v) is 3.57. The number of rotatable bonds is 10. The standard InChI is InChI=1S/C24H32NO4/c1-5-26-21-10-9-18(13-22(21)27-6-2)16-25-12-11-19-14-23(28-7-3)24(29-8-4)15-20(19)17-25/h9-10,13-15,17H,5-8,11-12,16H2,1-4H3/q+1. The molecule has 0 N–H and O–H groups in total. The Balaban J connectivity index is 1.84. The van der Waals surface area contributed by atoms with Crippen LogP contribution >= 0.6 is 0 Å². The molecule has 3 rings (SSSR count). The molecule has 0 aromatic heterocycles. The Morgan fingerprint density at radius 1 is 0.724 bits per heavy atom. The second kappa shape index (κ2) is 10.2. The number of ether oxygens (including phenoxy) is 4. The number of nitrogens with zero attached hydrogens (tertiary/aromatic N) is 1. The highest BCUT2D eigenvalue weighted by atomic mass is 16.5. The molecule has 0 fully saturated rings. The fourth-order valence-electron chi connectivity index (χ4n) is 3.57. The van der Waals surface area contributed by atoms with E-state index < -0.39 is 0 Å². The van der Waals surface area contributed by atoms with Gasteiger partial charge in [0, 0.05) is 17.5 Å². The van der Waals surface area contributed by atoms with Gasteiger partial charge in [-0.3, -0.25) is 0 Å². The molecule has 1 aliphatic heterocycles. The van der Waals surface area contributed by atoms with Crippen LogP contribution in [0.3, 0.4) is 0 Å². The summed E-state index contributed by atoms with van der Waals surface area (Å²) in [5.41, 5.74) is 3.70. The molecule has 1 heterocycles. The Labute approximate surface area is 173 Å². The summed E-state index contributed by atoms with van der Waals surface area (Å²) in [4.78, 5) is 0. The third kappa shape index (κ3) is 5.22. The van der Waals surface area contributed by atoms with Crippen LogP contribution in [0, 0.1) is 0 Å². The van der Waals surface area contributed by atoms with E-state index in [2.05, 4.69) is 35.1 Å². The minimum atomic E-state index is 0.620. The van der Waals surface area contributed by atoms with Gasteiger partial charge in [0.05, 0.1) is 26.4 Å². The van der Waals surface area contributed by atoms with E-state index in [0.717, 1.165) is 42.5 Å². The molecule has 2 aromatic rings. The van der Waals surface area contributed by atoms with Gasteiger partial charge in [-0.1, -0.05) is 0 Å². The zero-order chi connectivity index (χ0) is 20.6. The predicted octanol–water partition coefficient (Wildman–Crippen LogP) is 4.47. The van der Waals surface area contributed by atoms with Crippen LogP contribution in [0.1, 0.15) is 44.4 Å². The average Bonchev–Trinajstić information content (AvgIpc) is 2.71. The van der Waals surface area contributed by atoms with E-state index in [0.29, 0.717) is 26.4 Å². The first kappa shape index (κ1) is 21.0. The van der Waals surface area contributed by atoms with Crippen LogP contribution in [0.4, 0.5) is 0 Å². The molecular weight excluding hydrogens is 366 g/mol. The largest absolute Gasteiger partial charge is 0.490 e. The summed E-state index contributed by atoms with van der Waals surface area (Å²) in [6.45, 7) is 12.2. The summed E-state index contributed by atoms with van der Waals surface area (Å²) in [6.07, 6.45) is 3.20. The minimum Gasteiger partial charge on any atom is -0.490 e. The second-order valence-corrected chi connectivity index (χ2v) is 6.86. The first-order valence-electron chi connectivity index (χ1n) is 10.6. The quantitative estimate of drug-likeness (QED) is 0.554. The summed E-state index contributed by atoms with van der Waals surface area (Å²) in [5, 5.41) is 0. The molecule has 0 atom stereocenters. The molecule has 0 unspecified atom stereocenters. The highest BCUT2D eigenvalue weighted by Crippen LogP contribution is 2.32. The summed E-state index contributed by atoms with van der Waals surface area (Å²) in [5.74, 6) is 3.26. The van der Waals surface area contributed by atoms with E-state index in [4.69, 9.17) is 18.9 Å². The SMILES string of the molecule is CCOc1ccc(C[N+]2=Cc3cc(OCC)c(OCC)cc3CC2)cc1OCC. The van der Waals surface area contributed by atoms with Crippen LogP contribution < -0.4 is 18.9 Å². The van der Waals surface area contributed by atoms with Gasteiger partial charge in [-0.15, -0.1) is 0 Å². The van der Waals surface area contributed by atoms with E-state index in [9.17, 15) is 0 Å². The molecule has 0 amide bonds. The van der Waals surface area contributed by atoms with Crippen molar-refractivity contribution in [2.75, 3.05) is 33.0 Å². The second-order valence-electron chi connectivity index (χ2n) is 6.86. The highest BCUT2D eigenvalue weighted by Gasteiger charge is 2.20. The molecule has 0 aliphatic carbocycles. The van der Waals surface area contributed by atoms with Crippen LogP contribution in [0.5, 0.6) is 23.0 Å². The topological polar surface area (TPSA) is 39.9 Å². The van der Waals surface area contributed by atoms with E-state index in [-0.39, 0.29) is 0 Å². The van der Waals surface area contributed by atoms with Crippen molar-refractivity contribution in [3.05, 3.63) is 47.0 Å². The third-order valence-corrected chi connectivity index (χ3v) is 4.79. The van der Waals surface area contributed by atoms with E-state index in [1.54, 1.807) is 0 Å². The Hall–Kier alpha value is -2.69. The Morgan fingerprint density at radius 3 is 1.97 bits per heavy atom. The molecule has 0 bridgehead atoms. The maximum absolute atomic E-state index is 5.79. The Morgan fingerprint density at radius 2 is 1.31 bits per heavy atom. The maximum Gasteiger partial charge on any atom is 0.171 e.